The molecule has 1 N–H and O–H groups in total. The number of ether oxygens (including phenoxy) is 1. The second kappa shape index (κ2) is 7.70. The zero-order chi connectivity index (χ0) is 18.7. The van der Waals surface area contributed by atoms with Gasteiger partial charge in [-0.3, -0.25) is 9.59 Å². The highest BCUT2D eigenvalue weighted by Crippen LogP contribution is 2.29. The molecule has 1 saturated heterocycles. The van der Waals surface area contributed by atoms with E-state index in [-0.39, 0.29) is 11.7 Å². The van der Waals surface area contributed by atoms with Crippen molar-refractivity contribution in [1.82, 2.24) is 0 Å². The first kappa shape index (κ1) is 18.1. The van der Waals surface area contributed by atoms with Crippen molar-refractivity contribution in [2.45, 2.75) is 20.8 Å². The molecule has 5 nitrogen and oxygen atoms in total. The Balaban J connectivity index is 2.07. The molecule has 0 spiro atoms. The van der Waals surface area contributed by atoms with Crippen molar-refractivity contribution in [2.75, 3.05) is 36.5 Å². The number of nitrogens with zero attached hydrogens (tertiary/aromatic N) is 1. The van der Waals surface area contributed by atoms with E-state index < -0.39 is 0 Å². The summed E-state index contributed by atoms with van der Waals surface area (Å²) in [6, 6.07) is 11.4. The van der Waals surface area contributed by atoms with Crippen LogP contribution in [0, 0.1) is 13.8 Å². The molecule has 136 valence electrons. The molecule has 1 fully saturated rings. The van der Waals surface area contributed by atoms with E-state index >= 15 is 0 Å². The Morgan fingerprint density at radius 2 is 1.73 bits per heavy atom. The molecule has 2 aromatic rings. The van der Waals surface area contributed by atoms with Gasteiger partial charge in [0.1, 0.15) is 0 Å². The molecular formula is C21H24N2O3. The van der Waals surface area contributed by atoms with Gasteiger partial charge in [0.05, 0.1) is 13.2 Å². The van der Waals surface area contributed by atoms with Crippen LogP contribution in [0.2, 0.25) is 0 Å². The molecule has 0 unspecified atom stereocenters. The summed E-state index contributed by atoms with van der Waals surface area (Å²) in [7, 11) is 0. The summed E-state index contributed by atoms with van der Waals surface area (Å²) in [5, 5.41) is 2.77. The van der Waals surface area contributed by atoms with Gasteiger partial charge in [-0.25, -0.2) is 0 Å². The monoisotopic (exact) mass is 352 g/mol. The van der Waals surface area contributed by atoms with Crippen molar-refractivity contribution in [3.05, 3.63) is 58.7 Å². The predicted octanol–water partition coefficient (Wildman–Crippen LogP) is 3.33. The first-order valence-electron chi connectivity index (χ1n) is 8.82. The SMILES string of the molecule is CC(=O)Nc1ccc(N2CCOCC2)c(C(=O)c2cc(C)ccc2C)c1. The molecule has 0 saturated carbocycles. The van der Waals surface area contributed by atoms with E-state index in [0.29, 0.717) is 30.0 Å². The van der Waals surface area contributed by atoms with Crippen molar-refractivity contribution < 1.29 is 14.3 Å². The number of hydrogen-bond acceptors (Lipinski definition) is 4. The Labute approximate surface area is 154 Å². The molecule has 2 aromatic carbocycles. The van der Waals surface area contributed by atoms with E-state index in [2.05, 4.69) is 10.2 Å². The van der Waals surface area contributed by atoms with E-state index in [4.69, 9.17) is 4.74 Å². The molecule has 0 atom stereocenters. The van der Waals surface area contributed by atoms with Crippen LogP contribution in [0.15, 0.2) is 36.4 Å². The number of morpholine rings is 1. The fraction of sp³-hybridized carbons (Fsp3) is 0.333. The minimum absolute atomic E-state index is 0.0279. The molecule has 1 aliphatic heterocycles. The van der Waals surface area contributed by atoms with Gasteiger partial charge in [-0.2, -0.15) is 0 Å². The van der Waals surface area contributed by atoms with Crippen LogP contribution in [-0.4, -0.2) is 38.0 Å². The Morgan fingerprint density at radius 1 is 1.00 bits per heavy atom. The molecule has 0 aromatic heterocycles. The van der Waals surface area contributed by atoms with Crippen molar-refractivity contribution in [1.29, 1.82) is 0 Å². The summed E-state index contributed by atoms with van der Waals surface area (Å²) in [6.07, 6.45) is 0. The molecule has 1 amide bonds. The maximum absolute atomic E-state index is 13.4. The molecule has 26 heavy (non-hydrogen) atoms. The molecule has 1 aliphatic rings. The maximum Gasteiger partial charge on any atom is 0.221 e. The average Bonchev–Trinajstić information content (AvgIpc) is 2.63. The average molecular weight is 352 g/mol. The van der Waals surface area contributed by atoms with Gasteiger partial charge in [-0.05, 0) is 43.7 Å². The van der Waals surface area contributed by atoms with Gasteiger partial charge in [-0.1, -0.05) is 17.7 Å². The lowest BCUT2D eigenvalue weighted by Gasteiger charge is -2.30. The number of aryl methyl sites for hydroxylation is 2. The summed E-state index contributed by atoms with van der Waals surface area (Å²) in [5.41, 5.74) is 4.80. The molecule has 5 heteroatoms. The number of anilines is 2. The lowest BCUT2D eigenvalue weighted by atomic mass is 9.95. The van der Waals surface area contributed by atoms with Gasteiger partial charge in [0.2, 0.25) is 5.91 Å². The van der Waals surface area contributed by atoms with Gasteiger partial charge in [0.25, 0.3) is 0 Å². The third-order valence-electron chi connectivity index (χ3n) is 4.55. The Kier molecular flexibility index (Phi) is 5.38. The van der Waals surface area contributed by atoms with E-state index in [9.17, 15) is 9.59 Å². The zero-order valence-corrected chi connectivity index (χ0v) is 15.5. The summed E-state index contributed by atoms with van der Waals surface area (Å²) >= 11 is 0. The summed E-state index contributed by atoms with van der Waals surface area (Å²) in [5.74, 6) is -0.186. The van der Waals surface area contributed by atoms with Gasteiger partial charge >= 0.3 is 0 Å². The van der Waals surface area contributed by atoms with Gasteiger partial charge < -0.3 is 15.0 Å². The van der Waals surface area contributed by atoms with Crippen LogP contribution in [0.25, 0.3) is 0 Å². The molecule has 3 rings (SSSR count). The second-order valence-corrected chi connectivity index (χ2v) is 6.66. The first-order chi connectivity index (χ1) is 12.5. The van der Waals surface area contributed by atoms with Crippen LogP contribution in [0.1, 0.15) is 34.0 Å². The fourth-order valence-electron chi connectivity index (χ4n) is 3.20. The first-order valence-corrected chi connectivity index (χ1v) is 8.82. The van der Waals surface area contributed by atoms with Crippen LogP contribution < -0.4 is 10.2 Å². The number of ketones is 1. The topological polar surface area (TPSA) is 58.6 Å². The Bertz CT molecular complexity index is 839. The Hall–Kier alpha value is -2.66. The fourth-order valence-corrected chi connectivity index (χ4v) is 3.20. The quantitative estimate of drug-likeness (QED) is 0.858. The zero-order valence-electron chi connectivity index (χ0n) is 15.5. The largest absolute Gasteiger partial charge is 0.378 e. The number of nitrogens with one attached hydrogen (secondary N) is 1. The third-order valence-corrected chi connectivity index (χ3v) is 4.55. The van der Waals surface area contributed by atoms with Crippen molar-refractivity contribution in [2.24, 2.45) is 0 Å². The van der Waals surface area contributed by atoms with Gasteiger partial charge in [0.15, 0.2) is 5.78 Å². The molecule has 0 aliphatic carbocycles. The lowest BCUT2D eigenvalue weighted by Crippen LogP contribution is -2.37. The summed E-state index contributed by atoms with van der Waals surface area (Å²) in [6.45, 7) is 8.15. The minimum Gasteiger partial charge on any atom is -0.378 e. The van der Waals surface area contributed by atoms with Crippen LogP contribution >= 0.6 is 0 Å². The van der Waals surface area contributed by atoms with Crippen molar-refractivity contribution in [3.8, 4) is 0 Å². The highest BCUT2D eigenvalue weighted by Gasteiger charge is 2.21. The minimum atomic E-state index is -0.158. The van der Waals surface area contributed by atoms with Crippen LogP contribution in [-0.2, 0) is 9.53 Å². The Morgan fingerprint density at radius 3 is 2.42 bits per heavy atom. The number of rotatable bonds is 4. The van der Waals surface area contributed by atoms with Crippen LogP contribution in [0.5, 0.6) is 0 Å². The molecule has 1 heterocycles. The number of carbonyl (C=O) groups excluding carboxylic acids is 2. The number of amides is 1. The second-order valence-electron chi connectivity index (χ2n) is 6.66. The molecule has 0 radical (unpaired) electrons. The van der Waals surface area contributed by atoms with Crippen molar-refractivity contribution >= 4 is 23.1 Å². The van der Waals surface area contributed by atoms with Crippen LogP contribution in [0.3, 0.4) is 0 Å². The number of carbonyl (C=O) groups is 2. The summed E-state index contributed by atoms with van der Waals surface area (Å²) in [4.78, 5) is 26.9. The van der Waals surface area contributed by atoms with Crippen LogP contribution in [0.4, 0.5) is 11.4 Å². The highest BCUT2D eigenvalue weighted by atomic mass is 16.5. The van der Waals surface area contributed by atoms with E-state index in [1.807, 2.05) is 44.2 Å². The maximum atomic E-state index is 13.4. The molecule has 0 bridgehead atoms. The van der Waals surface area contributed by atoms with E-state index in [0.717, 1.165) is 29.9 Å². The van der Waals surface area contributed by atoms with E-state index in [1.54, 1.807) is 6.07 Å². The number of benzene rings is 2. The lowest BCUT2D eigenvalue weighted by molar-refractivity contribution is -0.114. The highest BCUT2D eigenvalue weighted by molar-refractivity contribution is 6.14. The van der Waals surface area contributed by atoms with Gasteiger partial charge in [-0.15, -0.1) is 0 Å². The van der Waals surface area contributed by atoms with E-state index in [1.165, 1.54) is 6.92 Å². The molecular weight excluding hydrogens is 328 g/mol. The number of hydrogen-bond donors (Lipinski definition) is 1. The van der Waals surface area contributed by atoms with Gasteiger partial charge in [0, 0.05) is 42.5 Å². The van der Waals surface area contributed by atoms with Crippen molar-refractivity contribution in [3.63, 3.8) is 0 Å². The normalized spacial score (nSPS) is 14.2. The standard InChI is InChI=1S/C21H24N2O3/c1-14-4-5-15(2)18(12-14)21(25)19-13-17(22-16(3)24)6-7-20(19)23-8-10-26-11-9-23/h4-7,12-13H,8-11H2,1-3H3,(H,22,24). The third kappa shape index (κ3) is 3.94. The summed E-state index contributed by atoms with van der Waals surface area (Å²) < 4.78 is 5.43. The predicted molar refractivity (Wildman–Crippen MR) is 103 cm³/mol. The smallest absolute Gasteiger partial charge is 0.221 e.